The first kappa shape index (κ1) is 22.8. The number of nitrogens with zero attached hydrogens (tertiary/aromatic N) is 1. The normalized spacial score (nSPS) is 17.1. The van der Waals surface area contributed by atoms with Crippen LogP contribution in [-0.4, -0.2) is 29.3 Å². The van der Waals surface area contributed by atoms with E-state index in [-0.39, 0.29) is 17.2 Å². The monoisotopic (exact) mass is 460 g/mol. The third-order valence-corrected chi connectivity index (χ3v) is 5.47. The molecule has 8 heteroatoms. The summed E-state index contributed by atoms with van der Waals surface area (Å²) in [4.78, 5) is 38.9. The van der Waals surface area contributed by atoms with Gasteiger partial charge in [0.25, 0.3) is 11.7 Å². The van der Waals surface area contributed by atoms with Crippen molar-refractivity contribution in [3.63, 3.8) is 0 Å². The Morgan fingerprint density at radius 3 is 2.47 bits per heavy atom. The fraction of sp³-hybridized carbons (Fsp3) is 0.192. The van der Waals surface area contributed by atoms with Crippen LogP contribution in [0.15, 0.2) is 70.9 Å². The number of nitrogens with one attached hydrogen (secondary N) is 1. The van der Waals surface area contributed by atoms with Gasteiger partial charge in [-0.3, -0.25) is 19.3 Å². The predicted molar refractivity (Wildman–Crippen MR) is 127 cm³/mol. The van der Waals surface area contributed by atoms with Gasteiger partial charge in [-0.2, -0.15) is 0 Å². The summed E-state index contributed by atoms with van der Waals surface area (Å²) in [6, 6.07) is 13.9. The van der Waals surface area contributed by atoms with Gasteiger partial charge in [-0.05, 0) is 74.0 Å². The summed E-state index contributed by atoms with van der Waals surface area (Å²) < 4.78 is 11.1. The number of hydrogen-bond acceptors (Lipinski definition) is 6. The number of aryl methyl sites for hydroxylation is 1. The molecule has 3 aromatic rings. The second-order valence-corrected chi connectivity index (χ2v) is 7.83. The Kier molecular flexibility index (Phi) is 6.23. The van der Waals surface area contributed by atoms with E-state index in [2.05, 4.69) is 5.32 Å². The molecule has 2 amide bonds. The number of hydrogen-bond donors (Lipinski definition) is 2. The molecule has 0 bridgehead atoms. The molecule has 34 heavy (non-hydrogen) atoms. The summed E-state index contributed by atoms with van der Waals surface area (Å²) >= 11 is 0. The van der Waals surface area contributed by atoms with Crippen LogP contribution in [0.4, 0.5) is 11.4 Å². The topological polar surface area (TPSA) is 109 Å². The Bertz CT molecular complexity index is 1280. The zero-order chi connectivity index (χ0) is 24.4. The maximum absolute atomic E-state index is 13.1. The maximum Gasteiger partial charge on any atom is 0.300 e. The van der Waals surface area contributed by atoms with Gasteiger partial charge in [0.05, 0.1) is 18.4 Å². The van der Waals surface area contributed by atoms with Crippen molar-refractivity contribution in [1.29, 1.82) is 0 Å². The first-order chi connectivity index (χ1) is 16.3. The molecule has 1 atom stereocenters. The maximum atomic E-state index is 13.1. The third kappa shape index (κ3) is 4.17. The van der Waals surface area contributed by atoms with Crippen molar-refractivity contribution < 1.29 is 28.6 Å². The SMILES string of the molecule is CCOc1ccc(/C(O)=C2/C(=O)C(=O)N(c3ccc(NC(C)=O)cc3)C2c2ccco2)cc1C. The van der Waals surface area contributed by atoms with Crippen LogP contribution in [-0.2, 0) is 14.4 Å². The third-order valence-electron chi connectivity index (χ3n) is 5.47. The number of anilines is 2. The molecule has 0 spiro atoms. The highest BCUT2D eigenvalue weighted by molar-refractivity contribution is 6.51. The Labute approximate surface area is 196 Å². The van der Waals surface area contributed by atoms with Crippen molar-refractivity contribution in [1.82, 2.24) is 0 Å². The lowest BCUT2D eigenvalue weighted by Gasteiger charge is -2.23. The van der Waals surface area contributed by atoms with Gasteiger partial charge in [0.1, 0.15) is 23.3 Å². The number of carbonyl (C=O) groups excluding carboxylic acids is 3. The number of carbonyl (C=O) groups is 3. The molecule has 1 saturated heterocycles. The number of furan rings is 1. The van der Waals surface area contributed by atoms with Gasteiger partial charge in [-0.25, -0.2) is 0 Å². The molecular weight excluding hydrogens is 436 g/mol. The summed E-state index contributed by atoms with van der Waals surface area (Å²) in [7, 11) is 0. The van der Waals surface area contributed by atoms with Crippen LogP contribution in [0, 0.1) is 6.92 Å². The molecule has 1 aliphatic rings. The van der Waals surface area contributed by atoms with E-state index in [0.717, 1.165) is 5.56 Å². The highest BCUT2D eigenvalue weighted by Gasteiger charge is 2.48. The van der Waals surface area contributed by atoms with E-state index in [1.165, 1.54) is 18.1 Å². The van der Waals surface area contributed by atoms with Gasteiger partial charge < -0.3 is 19.6 Å². The standard InChI is InChI=1S/C26H24N2O6/c1-4-33-20-12-7-17(14-15(20)2)24(30)22-23(21-6-5-13-34-21)28(26(32)25(22)31)19-10-8-18(9-11-19)27-16(3)29/h5-14,23,30H,4H2,1-3H3,(H,27,29)/b24-22-. The first-order valence-corrected chi connectivity index (χ1v) is 10.8. The first-order valence-electron chi connectivity index (χ1n) is 10.8. The minimum atomic E-state index is -0.964. The number of aliphatic hydroxyl groups is 1. The fourth-order valence-corrected chi connectivity index (χ4v) is 3.99. The number of amides is 2. The molecule has 174 valence electrons. The molecule has 0 saturated carbocycles. The number of ketones is 1. The van der Waals surface area contributed by atoms with Crippen molar-refractivity contribution in [3.05, 3.63) is 83.3 Å². The summed E-state index contributed by atoms with van der Waals surface area (Å²) in [5, 5.41) is 13.8. The molecule has 4 rings (SSSR count). The van der Waals surface area contributed by atoms with E-state index in [1.807, 2.05) is 13.8 Å². The Hall–Kier alpha value is -4.33. The Morgan fingerprint density at radius 1 is 1.15 bits per heavy atom. The summed E-state index contributed by atoms with van der Waals surface area (Å²) in [6.45, 7) is 5.60. The summed E-state index contributed by atoms with van der Waals surface area (Å²) in [5.74, 6) is -1.15. The van der Waals surface area contributed by atoms with Crippen LogP contribution in [0.25, 0.3) is 5.76 Å². The van der Waals surface area contributed by atoms with Crippen LogP contribution >= 0.6 is 0 Å². The summed E-state index contributed by atoms with van der Waals surface area (Å²) in [6.07, 6.45) is 1.44. The van der Waals surface area contributed by atoms with E-state index >= 15 is 0 Å². The van der Waals surface area contributed by atoms with Gasteiger partial charge in [0, 0.05) is 23.9 Å². The number of Topliss-reactive ketones (excluding diaryl/α,β-unsaturated/α-hetero) is 1. The largest absolute Gasteiger partial charge is 0.507 e. The van der Waals surface area contributed by atoms with E-state index in [4.69, 9.17) is 9.15 Å². The lowest BCUT2D eigenvalue weighted by atomic mass is 9.98. The van der Waals surface area contributed by atoms with E-state index in [0.29, 0.717) is 35.1 Å². The molecule has 2 N–H and O–H groups in total. The molecule has 0 aliphatic carbocycles. The molecule has 1 unspecified atom stereocenters. The van der Waals surface area contributed by atoms with Gasteiger partial charge in [0.2, 0.25) is 5.91 Å². The van der Waals surface area contributed by atoms with E-state index in [9.17, 15) is 19.5 Å². The van der Waals surface area contributed by atoms with Crippen molar-refractivity contribution in [3.8, 4) is 5.75 Å². The minimum Gasteiger partial charge on any atom is -0.507 e. The predicted octanol–water partition coefficient (Wildman–Crippen LogP) is 4.57. The molecule has 8 nitrogen and oxygen atoms in total. The van der Waals surface area contributed by atoms with Gasteiger partial charge >= 0.3 is 0 Å². The van der Waals surface area contributed by atoms with Gasteiger partial charge in [-0.1, -0.05) is 0 Å². The molecule has 1 aromatic heterocycles. The zero-order valence-electron chi connectivity index (χ0n) is 19.0. The van der Waals surface area contributed by atoms with Crippen LogP contribution in [0.2, 0.25) is 0 Å². The average molecular weight is 460 g/mol. The van der Waals surface area contributed by atoms with Crippen LogP contribution in [0.3, 0.4) is 0 Å². The highest BCUT2D eigenvalue weighted by Crippen LogP contribution is 2.42. The number of aliphatic hydroxyl groups excluding tert-OH is 1. The average Bonchev–Trinajstić information content (AvgIpc) is 3.42. The second kappa shape index (κ2) is 9.27. The van der Waals surface area contributed by atoms with Crippen LogP contribution < -0.4 is 15.0 Å². The molecular formula is C26H24N2O6. The van der Waals surface area contributed by atoms with E-state index < -0.39 is 17.7 Å². The molecule has 0 radical (unpaired) electrons. The zero-order valence-corrected chi connectivity index (χ0v) is 19.0. The second-order valence-electron chi connectivity index (χ2n) is 7.83. The number of benzene rings is 2. The van der Waals surface area contributed by atoms with E-state index in [1.54, 1.807) is 54.6 Å². The number of rotatable bonds is 6. The smallest absolute Gasteiger partial charge is 0.300 e. The molecule has 2 aromatic carbocycles. The van der Waals surface area contributed by atoms with Crippen molar-refractivity contribution in [2.75, 3.05) is 16.8 Å². The minimum absolute atomic E-state index is 0.0746. The molecule has 1 fully saturated rings. The van der Waals surface area contributed by atoms with Crippen LogP contribution in [0.1, 0.15) is 36.8 Å². The van der Waals surface area contributed by atoms with Crippen LogP contribution in [0.5, 0.6) is 5.75 Å². The highest BCUT2D eigenvalue weighted by atomic mass is 16.5. The van der Waals surface area contributed by atoms with Crippen molar-refractivity contribution in [2.24, 2.45) is 0 Å². The van der Waals surface area contributed by atoms with Crippen molar-refractivity contribution in [2.45, 2.75) is 26.8 Å². The van der Waals surface area contributed by atoms with Gasteiger partial charge in [-0.15, -0.1) is 0 Å². The lowest BCUT2D eigenvalue weighted by molar-refractivity contribution is -0.132. The summed E-state index contributed by atoms with van der Waals surface area (Å²) in [5.41, 5.74) is 2.06. The van der Waals surface area contributed by atoms with Crippen molar-refractivity contribution >= 4 is 34.7 Å². The van der Waals surface area contributed by atoms with Gasteiger partial charge in [0.15, 0.2) is 0 Å². The fourth-order valence-electron chi connectivity index (χ4n) is 3.99. The number of ether oxygens (including phenoxy) is 1. The Balaban J connectivity index is 1.82. The Morgan fingerprint density at radius 2 is 1.88 bits per heavy atom. The molecule has 1 aliphatic heterocycles. The lowest BCUT2D eigenvalue weighted by Crippen LogP contribution is -2.29. The molecule has 2 heterocycles. The quantitative estimate of drug-likeness (QED) is 0.317.